The van der Waals surface area contributed by atoms with Crippen LogP contribution >= 0.6 is 15.9 Å². The van der Waals surface area contributed by atoms with Gasteiger partial charge in [0.05, 0.1) is 18.2 Å². The van der Waals surface area contributed by atoms with Gasteiger partial charge in [0.2, 0.25) is 5.91 Å². The van der Waals surface area contributed by atoms with Crippen molar-refractivity contribution >= 4 is 21.8 Å². The van der Waals surface area contributed by atoms with Crippen LogP contribution in [0.15, 0.2) is 16.6 Å². The first-order chi connectivity index (χ1) is 10.0. The molecule has 0 aromatic heterocycles. The van der Waals surface area contributed by atoms with Crippen molar-refractivity contribution in [3.8, 4) is 11.5 Å². The van der Waals surface area contributed by atoms with E-state index in [-0.39, 0.29) is 11.4 Å². The van der Waals surface area contributed by atoms with E-state index >= 15 is 0 Å². The number of rotatable bonds is 6. The molecule has 1 aromatic carbocycles. The Labute approximate surface area is 134 Å². The van der Waals surface area contributed by atoms with Crippen LogP contribution in [-0.4, -0.2) is 25.2 Å². The van der Waals surface area contributed by atoms with Crippen LogP contribution in [0.4, 0.5) is 0 Å². The van der Waals surface area contributed by atoms with E-state index in [1.54, 1.807) is 7.11 Å². The minimum Gasteiger partial charge on any atom is -0.493 e. The zero-order valence-corrected chi connectivity index (χ0v) is 14.4. The van der Waals surface area contributed by atoms with Gasteiger partial charge < -0.3 is 14.8 Å². The first-order valence-electron chi connectivity index (χ1n) is 7.33. The lowest BCUT2D eigenvalue weighted by atomic mass is 9.87. The highest BCUT2D eigenvalue weighted by Crippen LogP contribution is 2.38. The van der Waals surface area contributed by atoms with Crippen LogP contribution in [0.1, 0.15) is 38.7 Å². The molecule has 1 aromatic rings. The zero-order valence-electron chi connectivity index (χ0n) is 12.8. The average molecular weight is 356 g/mol. The van der Waals surface area contributed by atoms with Crippen LogP contribution in [0, 0.1) is 0 Å². The number of amides is 1. The SMILES string of the molecule is CCOc1c(Br)cc(CC2(CC)CCC(=O)N2)cc1OC. The second-order valence-electron chi connectivity index (χ2n) is 5.40. The highest BCUT2D eigenvalue weighted by atomic mass is 79.9. The quantitative estimate of drug-likeness (QED) is 0.849. The number of halogens is 1. The van der Waals surface area contributed by atoms with Gasteiger partial charge in [-0.3, -0.25) is 4.79 Å². The fraction of sp³-hybridized carbons (Fsp3) is 0.562. The molecule has 0 aliphatic carbocycles. The molecule has 1 unspecified atom stereocenters. The number of benzene rings is 1. The van der Waals surface area contributed by atoms with Crippen molar-refractivity contribution in [1.29, 1.82) is 0 Å². The first-order valence-corrected chi connectivity index (χ1v) is 8.13. The summed E-state index contributed by atoms with van der Waals surface area (Å²) in [4.78, 5) is 11.6. The Kier molecular flexibility index (Phi) is 5.14. The molecule has 1 amide bonds. The monoisotopic (exact) mass is 355 g/mol. The fourth-order valence-electron chi connectivity index (χ4n) is 2.85. The van der Waals surface area contributed by atoms with E-state index < -0.39 is 0 Å². The largest absolute Gasteiger partial charge is 0.493 e. The maximum atomic E-state index is 11.6. The minimum absolute atomic E-state index is 0.130. The van der Waals surface area contributed by atoms with Crippen molar-refractivity contribution in [3.05, 3.63) is 22.2 Å². The van der Waals surface area contributed by atoms with E-state index in [0.717, 1.165) is 40.8 Å². The van der Waals surface area contributed by atoms with Gasteiger partial charge in [-0.2, -0.15) is 0 Å². The molecule has 1 fully saturated rings. The molecule has 21 heavy (non-hydrogen) atoms. The lowest BCUT2D eigenvalue weighted by molar-refractivity contribution is -0.119. The summed E-state index contributed by atoms with van der Waals surface area (Å²) in [5, 5.41) is 3.14. The van der Waals surface area contributed by atoms with E-state index in [1.807, 2.05) is 13.0 Å². The van der Waals surface area contributed by atoms with E-state index in [4.69, 9.17) is 9.47 Å². The van der Waals surface area contributed by atoms with E-state index in [9.17, 15) is 4.79 Å². The van der Waals surface area contributed by atoms with Gasteiger partial charge in [-0.1, -0.05) is 6.92 Å². The van der Waals surface area contributed by atoms with Gasteiger partial charge in [-0.15, -0.1) is 0 Å². The molecule has 0 saturated carbocycles. The van der Waals surface area contributed by atoms with Gasteiger partial charge >= 0.3 is 0 Å². The molecule has 5 heteroatoms. The second kappa shape index (κ2) is 6.69. The number of carbonyl (C=O) groups excluding carboxylic acids is 1. The maximum absolute atomic E-state index is 11.6. The summed E-state index contributed by atoms with van der Waals surface area (Å²) in [6.07, 6.45) is 3.22. The summed E-state index contributed by atoms with van der Waals surface area (Å²) in [5.41, 5.74) is 1.00. The van der Waals surface area contributed by atoms with E-state index in [1.165, 1.54) is 0 Å². The van der Waals surface area contributed by atoms with Crippen LogP contribution in [0.5, 0.6) is 11.5 Å². The van der Waals surface area contributed by atoms with Gasteiger partial charge in [0.25, 0.3) is 0 Å². The molecular formula is C16H22BrNO3. The van der Waals surface area contributed by atoms with Crippen molar-refractivity contribution in [1.82, 2.24) is 5.32 Å². The molecule has 4 nitrogen and oxygen atoms in total. The van der Waals surface area contributed by atoms with Crippen molar-refractivity contribution in [3.63, 3.8) is 0 Å². The number of hydrogen-bond acceptors (Lipinski definition) is 3. The second-order valence-corrected chi connectivity index (χ2v) is 6.26. The van der Waals surface area contributed by atoms with Gasteiger partial charge in [0.15, 0.2) is 11.5 Å². The highest BCUT2D eigenvalue weighted by molar-refractivity contribution is 9.10. The molecule has 1 atom stereocenters. The summed E-state index contributed by atoms with van der Waals surface area (Å²) in [7, 11) is 1.64. The minimum atomic E-state index is -0.130. The summed E-state index contributed by atoms with van der Waals surface area (Å²) in [6.45, 7) is 4.65. The number of nitrogens with one attached hydrogen (secondary N) is 1. The molecule has 0 bridgehead atoms. The van der Waals surface area contributed by atoms with Crippen LogP contribution in [0.2, 0.25) is 0 Å². The molecule has 2 rings (SSSR count). The number of hydrogen-bond donors (Lipinski definition) is 1. The average Bonchev–Trinajstić information content (AvgIpc) is 2.83. The van der Waals surface area contributed by atoms with Crippen molar-refractivity contribution < 1.29 is 14.3 Å². The van der Waals surface area contributed by atoms with E-state index in [0.29, 0.717) is 13.0 Å². The molecule has 116 valence electrons. The van der Waals surface area contributed by atoms with Crippen LogP contribution in [-0.2, 0) is 11.2 Å². The molecule has 1 N–H and O–H groups in total. The van der Waals surface area contributed by atoms with Gasteiger partial charge in [0.1, 0.15) is 0 Å². The Balaban J connectivity index is 2.28. The Bertz CT molecular complexity index is 532. The number of ether oxygens (including phenoxy) is 2. The third-order valence-corrected chi connectivity index (χ3v) is 4.62. The molecule has 1 aliphatic heterocycles. The predicted molar refractivity (Wildman–Crippen MR) is 86.0 cm³/mol. The summed E-state index contributed by atoms with van der Waals surface area (Å²) < 4.78 is 11.9. The fourth-order valence-corrected chi connectivity index (χ4v) is 3.45. The molecule has 1 aliphatic rings. The van der Waals surface area contributed by atoms with Gasteiger partial charge in [0, 0.05) is 12.0 Å². The standard InChI is InChI=1S/C16H22BrNO3/c1-4-16(7-6-14(19)18-16)10-11-8-12(17)15(21-5-2)13(9-11)20-3/h8-9H,4-7,10H2,1-3H3,(H,18,19). The maximum Gasteiger partial charge on any atom is 0.220 e. The first kappa shape index (κ1) is 16.1. The molecule has 0 spiro atoms. The highest BCUT2D eigenvalue weighted by Gasteiger charge is 2.36. The lowest BCUT2D eigenvalue weighted by Gasteiger charge is -2.28. The Morgan fingerprint density at radius 2 is 2.14 bits per heavy atom. The Morgan fingerprint density at radius 1 is 1.38 bits per heavy atom. The van der Waals surface area contributed by atoms with Crippen molar-refractivity contribution in [2.45, 2.75) is 45.1 Å². The number of carbonyl (C=O) groups is 1. The van der Waals surface area contributed by atoms with E-state index in [2.05, 4.69) is 34.2 Å². The smallest absolute Gasteiger partial charge is 0.220 e. The normalized spacial score (nSPS) is 21.2. The summed E-state index contributed by atoms with van der Waals surface area (Å²) in [6, 6.07) is 4.05. The summed E-state index contributed by atoms with van der Waals surface area (Å²) in [5.74, 6) is 1.59. The van der Waals surface area contributed by atoms with Crippen molar-refractivity contribution in [2.24, 2.45) is 0 Å². The Morgan fingerprint density at radius 3 is 2.67 bits per heavy atom. The predicted octanol–water partition coefficient (Wildman–Crippen LogP) is 3.46. The molecule has 0 radical (unpaired) electrons. The lowest BCUT2D eigenvalue weighted by Crippen LogP contribution is -2.42. The van der Waals surface area contributed by atoms with Crippen LogP contribution < -0.4 is 14.8 Å². The molecule has 1 heterocycles. The number of methoxy groups -OCH3 is 1. The Hall–Kier alpha value is -1.23. The van der Waals surface area contributed by atoms with Gasteiger partial charge in [-0.25, -0.2) is 0 Å². The van der Waals surface area contributed by atoms with Crippen LogP contribution in [0.25, 0.3) is 0 Å². The third kappa shape index (κ3) is 3.51. The molecular weight excluding hydrogens is 334 g/mol. The topological polar surface area (TPSA) is 47.6 Å². The van der Waals surface area contributed by atoms with Gasteiger partial charge in [-0.05, 0) is 59.8 Å². The zero-order chi connectivity index (χ0) is 15.5. The summed E-state index contributed by atoms with van der Waals surface area (Å²) >= 11 is 3.55. The molecule has 1 saturated heterocycles. The van der Waals surface area contributed by atoms with Crippen LogP contribution in [0.3, 0.4) is 0 Å². The van der Waals surface area contributed by atoms with Crippen molar-refractivity contribution in [2.75, 3.05) is 13.7 Å². The third-order valence-electron chi connectivity index (χ3n) is 4.03.